The molecule has 1 aliphatic heterocycles. The molecule has 0 fully saturated rings. The molecule has 1 aliphatic carbocycles. The van der Waals surface area contributed by atoms with Gasteiger partial charge in [0.15, 0.2) is 11.0 Å². The lowest BCUT2D eigenvalue weighted by atomic mass is 9.97. The van der Waals surface area contributed by atoms with Gasteiger partial charge in [-0.05, 0) is 56.0 Å². The number of nitrogens with zero attached hydrogens (tertiary/aromatic N) is 5. The van der Waals surface area contributed by atoms with Gasteiger partial charge < -0.3 is 19.4 Å². The number of aromatic nitrogens is 6. The monoisotopic (exact) mass is 597 g/mol. The molecule has 0 bridgehead atoms. The molecule has 0 unspecified atom stereocenters. The molecule has 5 rings (SSSR count). The average Bonchev–Trinajstić information content (AvgIpc) is 3.62. The highest BCUT2D eigenvalue weighted by Gasteiger charge is 2.29. The molecule has 13 heteroatoms. The predicted octanol–water partition coefficient (Wildman–Crippen LogP) is 4.66. The summed E-state index contributed by atoms with van der Waals surface area (Å²) in [5.41, 5.74) is 5.15. The summed E-state index contributed by atoms with van der Waals surface area (Å²) in [7, 11) is 0. The van der Waals surface area contributed by atoms with E-state index in [0.29, 0.717) is 18.1 Å². The van der Waals surface area contributed by atoms with Crippen molar-refractivity contribution < 1.29 is 19.1 Å². The van der Waals surface area contributed by atoms with Crippen LogP contribution in [-0.4, -0.2) is 53.2 Å². The SMILES string of the molecule is CCc1nc(Cl)c(C(=O)N[C@@H](C)C(=O)O)n1Cc1c2ccocc-2c(Br)c1-c1ccccc1-c1nnn[nH]1. The Bertz CT molecular complexity index is 1610. The summed E-state index contributed by atoms with van der Waals surface area (Å²) >= 11 is 10.2. The molecule has 0 radical (unpaired) electrons. The largest absolute Gasteiger partial charge is 0.480 e. The molecular weight excluding hydrogens is 578 g/mol. The van der Waals surface area contributed by atoms with Crippen LogP contribution in [0.3, 0.4) is 0 Å². The van der Waals surface area contributed by atoms with Crippen molar-refractivity contribution >= 4 is 39.4 Å². The molecule has 2 aliphatic rings. The number of H-pyrrole nitrogens is 1. The number of benzene rings is 1. The quantitative estimate of drug-likeness (QED) is 0.233. The van der Waals surface area contributed by atoms with E-state index in [9.17, 15) is 14.7 Å². The topological polar surface area (TPSA) is 152 Å². The highest BCUT2D eigenvalue weighted by atomic mass is 79.9. The van der Waals surface area contributed by atoms with E-state index in [1.54, 1.807) is 17.1 Å². The first-order valence-corrected chi connectivity index (χ1v) is 12.8. The maximum atomic E-state index is 13.2. The van der Waals surface area contributed by atoms with Gasteiger partial charge in [-0.3, -0.25) is 9.59 Å². The number of imidazole rings is 1. The van der Waals surface area contributed by atoms with Crippen molar-refractivity contribution in [3.63, 3.8) is 0 Å². The zero-order valence-corrected chi connectivity index (χ0v) is 22.5. The van der Waals surface area contributed by atoms with Crippen LogP contribution in [0.15, 0.2) is 51.7 Å². The Labute approximate surface area is 229 Å². The van der Waals surface area contributed by atoms with Gasteiger partial charge in [-0.25, -0.2) is 10.1 Å². The van der Waals surface area contributed by atoms with Crippen LogP contribution in [0.25, 0.3) is 33.6 Å². The molecular formula is C25H21BrClN7O4. The van der Waals surface area contributed by atoms with Crippen molar-refractivity contribution in [3.8, 4) is 33.6 Å². The number of rotatable bonds is 8. The van der Waals surface area contributed by atoms with Crippen LogP contribution in [0.1, 0.15) is 35.7 Å². The highest BCUT2D eigenvalue weighted by molar-refractivity contribution is 9.10. The fraction of sp³-hybridized carbons (Fsp3) is 0.200. The first kappa shape index (κ1) is 25.6. The van der Waals surface area contributed by atoms with Gasteiger partial charge in [-0.1, -0.05) is 42.8 Å². The Morgan fingerprint density at radius 2 is 1.97 bits per heavy atom. The van der Waals surface area contributed by atoms with Crippen LogP contribution < -0.4 is 5.32 Å². The Balaban J connectivity index is 1.71. The minimum absolute atomic E-state index is 0.00319. The van der Waals surface area contributed by atoms with E-state index in [0.717, 1.165) is 37.9 Å². The van der Waals surface area contributed by atoms with Gasteiger partial charge in [-0.2, -0.15) is 0 Å². The summed E-state index contributed by atoms with van der Waals surface area (Å²) < 4.78 is 7.99. The van der Waals surface area contributed by atoms with Crippen LogP contribution >= 0.6 is 27.5 Å². The number of aliphatic carboxylic acids is 1. The van der Waals surface area contributed by atoms with Gasteiger partial charge in [-0.15, -0.1) is 5.10 Å². The van der Waals surface area contributed by atoms with Gasteiger partial charge in [0.1, 0.15) is 17.6 Å². The number of halogens is 2. The summed E-state index contributed by atoms with van der Waals surface area (Å²) in [6.45, 7) is 3.51. The van der Waals surface area contributed by atoms with Crippen LogP contribution in [0.5, 0.6) is 0 Å². The molecule has 0 saturated carbocycles. The number of carboxylic acid groups (broad SMARTS) is 1. The molecule has 3 N–H and O–H groups in total. The Kier molecular flexibility index (Phi) is 7.00. The molecule has 1 atom stereocenters. The van der Waals surface area contributed by atoms with Crippen molar-refractivity contribution in [3.05, 3.63) is 69.6 Å². The van der Waals surface area contributed by atoms with E-state index in [2.05, 4.69) is 46.9 Å². The fourth-order valence-corrected chi connectivity index (χ4v) is 5.48. The normalized spacial score (nSPS) is 12.1. The van der Waals surface area contributed by atoms with Gasteiger partial charge in [0, 0.05) is 27.6 Å². The number of amides is 1. The Morgan fingerprint density at radius 1 is 1.21 bits per heavy atom. The number of nitrogens with one attached hydrogen (secondary N) is 2. The lowest BCUT2D eigenvalue weighted by Crippen LogP contribution is -2.39. The molecule has 2 aromatic heterocycles. The predicted molar refractivity (Wildman–Crippen MR) is 142 cm³/mol. The second kappa shape index (κ2) is 10.4. The average molecular weight is 599 g/mol. The molecule has 194 valence electrons. The minimum atomic E-state index is -1.16. The number of aryl methyl sites for hydroxylation is 1. The number of tetrazole rings is 1. The summed E-state index contributed by atoms with van der Waals surface area (Å²) in [5, 5.41) is 26.1. The summed E-state index contributed by atoms with van der Waals surface area (Å²) in [6.07, 6.45) is 3.72. The number of fused-ring (bicyclic) bond motifs is 1. The molecule has 11 nitrogen and oxygen atoms in total. The second-order valence-corrected chi connectivity index (χ2v) is 9.64. The molecule has 38 heavy (non-hydrogen) atoms. The van der Waals surface area contributed by atoms with Crippen LogP contribution in [0.2, 0.25) is 5.15 Å². The summed E-state index contributed by atoms with van der Waals surface area (Å²) in [5.74, 6) is -0.715. The summed E-state index contributed by atoms with van der Waals surface area (Å²) in [4.78, 5) is 29.0. The van der Waals surface area contributed by atoms with E-state index in [1.165, 1.54) is 6.92 Å². The third kappa shape index (κ3) is 4.45. The number of aromatic amines is 1. The van der Waals surface area contributed by atoms with Gasteiger partial charge in [0.2, 0.25) is 0 Å². The Hall–Kier alpha value is -4.03. The zero-order valence-electron chi connectivity index (χ0n) is 20.2. The van der Waals surface area contributed by atoms with Crippen LogP contribution in [0, 0.1) is 0 Å². The third-order valence-corrected chi connectivity index (χ3v) is 7.33. The standard InChI is InChI=1S/C25H21BrClN7O4/c1-3-18-29-22(27)21(24(35)28-12(2)25(36)37)34(18)10-16-13-8-9-38-11-17(13)20(26)19(16)14-6-4-5-7-15(14)23-30-32-33-31-23/h4-9,11-12H,3,10H2,1-2H3,(H,28,35)(H,36,37)(H,30,31,32,33)/t12-/m0/s1. The minimum Gasteiger partial charge on any atom is -0.480 e. The zero-order chi connectivity index (χ0) is 27.0. The number of hydrogen-bond donors (Lipinski definition) is 3. The van der Waals surface area contributed by atoms with Crippen LogP contribution in [-0.2, 0) is 17.8 Å². The van der Waals surface area contributed by atoms with E-state index in [1.807, 2.05) is 37.3 Å². The summed E-state index contributed by atoms with van der Waals surface area (Å²) in [6, 6.07) is 8.42. The molecule has 3 aromatic rings. The molecule has 1 amide bonds. The number of hydrogen-bond acceptors (Lipinski definition) is 7. The third-order valence-electron chi connectivity index (χ3n) is 6.24. The van der Waals surface area contributed by atoms with Crippen molar-refractivity contribution in [2.75, 3.05) is 0 Å². The van der Waals surface area contributed by atoms with E-state index in [4.69, 9.17) is 16.0 Å². The Morgan fingerprint density at radius 3 is 2.66 bits per heavy atom. The van der Waals surface area contributed by atoms with E-state index in [-0.39, 0.29) is 17.4 Å². The van der Waals surface area contributed by atoms with E-state index < -0.39 is 17.9 Å². The van der Waals surface area contributed by atoms with Crippen molar-refractivity contribution in [1.82, 2.24) is 35.5 Å². The first-order valence-electron chi connectivity index (χ1n) is 11.6. The fourth-order valence-electron chi connectivity index (χ4n) is 4.44. The van der Waals surface area contributed by atoms with Gasteiger partial charge in [0.05, 0.1) is 19.1 Å². The number of carboxylic acids is 1. The number of carbonyl (C=O) groups excluding carboxylic acids is 1. The molecule has 1 aromatic carbocycles. The maximum absolute atomic E-state index is 13.2. The maximum Gasteiger partial charge on any atom is 0.325 e. The van der Waals surface area contributed by atoms with Crippen LogP contribution in [0.4, 0.5) is 0 Å². The molecule has 0 spiro atoms. The second-order valence-electron chi connectivity index (χ2n) is 8.49. The lowest BCUT2D eigenvalue weighted by molar-refractivity contribution is -0.138. The van der Waals surface area contributed by atoms with Crippen molar-refractivity contribution in [1.29, 1.82) is 0 Å². The molecule has 0 saturated heterocycles. The smallest absolute Gasteiger partial charge is 0.325 e. The highest BCUT2D eigenvalue weighted by Crippen LogP contribution is 2.48. The van der Waals surface area contributed by atoms with E-state index >= 15 is 0 Å². The first-order chi connectivity index (χ1) is 18.3. The number of carbonyl (C=O) groups is 2. The van der Waals surface area contributed by atoms with Gasteiger partial charge >= 0.3 is 5.97 Å². The van der Waals surface area contributed by atoms with Gasteiger partial charge in [0.25, 0.3) is 5.91 Å². The van der Waals surface area contributed by atoms with Crippen molar-refractivity contribution in [2.45, 2.75) is 32.9 Å². The molecule has 3 heterocycles. The lowest BCUT2D eigenvalue weighted by Gasteiger charge is -2.16. The van der Waals surface area contributed by atoms with Crippen molar-refractivity contribution in [2.24, 2.45) is 0 Å².